The number of rotatable bonds is 5. The Morgan fingerprint density at radius 2 is 2.23 bits per heavy atom. The van der Waals surface area contributed by atoms with Crippen molar-refractivity contribution in [3.63, 3.8) is 0 Å². The first-order valence-electron chi connectivity index (χ1n) is 7.38. The number of methoxy groups -OCH3 is 1. The van der Waals surface area contributed by atoms with Crippen molar-refractivity contribution in [2.75, 3.05) is 37.0 Å². The Bertz CT molecular complexity index is 672. The highest BCUT2D eigenvalue weighted by atomic mass is 16.5. The third-order valence-electron chi connectivity index (χ3n) is 3.75. The van der Waals surface area contributed by atoms with E-state index in [0.29, 0.717) is 25.4 Å². The van der Waals surface area contributed by atoms with Crippen LogP contribution in [0.1, 0.15) is 16.1 Å². The molecule has 5 heteroatoms. The van der Waals surface area contributed by atoms with Crippen molar-refractivity contribution < 1.29 is 9.53 Å². The zero-order valence-electron chi connectivity index (χ0n) is 12.6. The number of pyridine rings is 1. The van der Waals surface area contributed by atoms with E-state index < -0.39 is 0 Å². The smallest absolute Gasteiger partial charge is 0.276 e. The molecule has 0 saturated heterocycles. The molecule has 0 spiro atoms. The van der Waals surface area contributed by atoms with E-state index in [1.807, 2.05) is 24.3 Å². The Morgan fingerprint density at radius 3 is 3.09 bits per heavy atom. The summed E-state index contributed by atoms with van der Waals surface area (Å²) in [6.45, 7) is 2.02. The number of fused-ring (bicyclic) bond motifs is 1. The first kappa shape index (κ1) is 14.5. The van der Waals surface area contributed by atoms with Gasteiger partial charge < -0.3 is 15.0 Å². The zero-order chi connectivity index (χ0) is 15.4. The van der Waals surface area contributed by atoms with Crippen LogP contribution in [0.25, 0.3) is 0 Å². The number of carbonyl (C=O) groups is 1. The summed E-state index contributed by atoms with van der Waals surface area (Å²) in [6, 6.07) is 11.7. The van der Waals surface area contributed by atoms with Crippen LogP contribution in [0.15, 0.2) is 42.6 Å². The van der Waals surface area contributed by atoms with Gasteiger partial charge in [-0.2, -0.15) is 0 Å². The van der Waals surface area contributed by atoms with Crippen LogP contribution in [-0.4, -0.2) is 37.7 Å². The summed E-state index contributed by atoms with van der Waals surface area (Å²) in [5.74, 6) is -0.0552. The summed E-state index contributed by atoms with van der Waals surface area (Å²) in [5.41, 5.74) is 3.54. The number of nitrogens with one attached hydrogen (secondary N) is 1. The van der Waals surface area contributed by atoms with E-state index in [9.17, 15) is 4.79 Å². The molecule has 0 bridgehead atoms. The number of amides is 1. The van der Waals surface area contributed by atoms with Crippen molar-refractivity contribution in [2.24, 2.45) is 0 Å². The summed E-state index contributed by atoms with van der Waals surface area (Å²) in [6.07, 6.45) is 2.55. The maximum Gasteiger partial charge on any atom is 0.276 e. The molecule has 5 nitrogen and oxygen atoms in total. The van der Waals surface area contributed by atoms with E-state index in [1.165, 1.54) is 5.56 Å². The van der Waals surface area contributed by atoms with Gasteiger partial charge in [0.25, 0.3) is 5.91 Å². The van der Waals surface area contributed by atoms with Crippen LogP contribution in [0.3, 0.4) is 0 Å². The van der Waals surface area contributed by atoms with Crippen LogP contribution < -0.4 is 10.2 Å². The summed E-state index contributed by atoms with van der Waals surface area (Å²) in [4.78, 5) is 18.7. The molecule has 0 unspecified atom stereocenters. The lowest BCUT2D eigenvalue weighted by Gasteiger charge is -2.17. The number of anilines is 2. The molecule has 0 atom stereocenters. The van der Waals surface area contributed by atoms with Crippen LogP contribution in [0.2, 0.25) is 0 Å². The molecule has 3 rings (SSSR count). The van der Waals surface area contributed by atoms with Crippen molar-refractivity contribution in [1.82, 2.24) is 4.98 Å². The Morgan fingerprint density at radius 1 is 1.36 bits per heavy atom. The Balaban J connectivity index is 1.77. The number of para-hydroxylation sites is 1. The SMILES string of the molecule is COCCNc1ccnc(C(=O)N2CCc3ccccc32)c1. The molecular weight excluding hydrogens is 278 g/mol. The normalized spacial score (nSPS) is 13.0. The summed E-state index contributed by atoms with van der Waals surface area (Å²) >= 11 is 0. The molecule has 0 saturated carbocycles. The number of hydrogen-bond donors (Lipinski definition) is 1. The minimum atomic E-state index is -0.0552. The topological polar surface area (TPSA) is 54.5 Å². The lowest BCUT2D eigenvalue weighted by atomic mass is 10.2. The molecule has 114 valence electrons. The first-order chi connectivity index (χ1) is 10.8. The van der Waals surface area contributed by atoms with E-state index >= 15 is 0 Å². The second-order valence-electron chi connectivity index (χ2n) is 5.18. The maximum absolute atomic E-state index is 12.7. The van der Waals surface area contributed by atoms with Gasteiger partial charge in [-0.3, -0.25) is 9.78 Å². The van der Waals surface area contributed by atoms with Crippen molar-refractivity contribution in [3.8, 4) is 0 Å². The summed E-state index contributed by atoms with van der Waals surface area (Å²) < 4.78 is 5.01. The largest absolute Gasteiger partial charge is 0.383 e. The van der Waals surface area contributed by atoms with Gasteiger partial charge in [-0.25, -0.2) is 0 Å². The van der Waals surface area contributed by atoms with E-state index in [2.05, 4.69) is 16.4 Å². The quantitative estimate of drug-likeness (QED) is 0.861. The van der Waals surface area contributed by atoms with Crippen molar-refractivity contribution in [3.05, 3.63) is 53.9 Å². The van der Waals surface area contributed by atoms with Gasteiger partial charge in [-0.05, 0) is 30.2 Å². The van der Waals surface area contributed by atoms with Crippen LogP contribution in [0.5, 0.6) is 0 Å². The number of ether oxygens (including phenoxy) is 1. The fourth-order valence-corrected chi connectivity index (χ4v) is 2.64. The molecule has 2 aromatic rings. The van der Waals surface area contributed by atoms with E-state index in [4.69, 9.17) is 4.74 Å². The van der Waals surface area contributed by atoms with Crippen LogP contribution in [-0.2, 0) is 11.2 Å². The average molecular weight is 297 g/mol. The summed E-state index contributed by atoms with van der Waals surface area (Å²) in [5, 5.41) is 3.21. The molecule has 1 amide bonds. The Kier molecular flexibility index (Phi) is 4.34. The van der Waals surface area contributed by atoms with Crippen molar-refractivity contribution >= 4 is 17.3 Å². The van der Waals surface area contributed by atoms with Gasteiger partial charge in [0.1, 0.15) is 5.69 Å². The molecule has 1 aliphatic rings. The lowest BCUT2D eigenvalue weighted by molar-refractivity contribution is 0.0984. The molecule has 1 N–H and O–H groups in total. The molecule has 1 aromatic heterocycles. The van der Waals surface area contributed by atoms with Crippen LogP contribution >= 0.6 is 0 Å². The number of nitrogens with zero attached hydrogens (tertiary/aromatic N) is 2. The first-order valence-corrected chi connectivity index (χ1v) is 7.38. The van der Waals surface area contributed by atoms with E-state index in [0.717, 1.165) is 17.8 Å². The van der Waals surface area contributed by atoms with Gasteiger partial charge in [0.2, 0.25) is 0 Å². The maximum atomic E-state index is 12.7. The monoisotopic (exact) mass is 297 g/mol. The van der Waals surface area contributed by atoms with E-state index in [-0.39, 0.29) is 5.91 Å². The standard InChI is InChI=1S/C17H19N3O2/c1-22-11-9-18-14-6-8-19-15(12-14)17(21)20-10-7-13-4-2-3-5-16(13)20/h2-6,8,12H,7,9-11H2,1H3,(H,18,19). The predicted octanol–water partition coefficient (Wildman–Crippen LogP) is 2.34. The lowest BCUT2D eigenvalue weighted by Crippen LogP contribution is -2.29. The van der Waals surface area contributed by atoms with E-state index in [1.54, 1.807) is 24.3 Å². The van der Waals surface area contributed by atoms with Gasteiger partial charge in [0, 0.05) is 37.8 Å². The molecular formula is C17H19N3O2. The zero-order valence-corrected chi connectivity index (χ0v) is 12.6. The molecule has 2 heterocycles. The number of carbonyl (C=O) groups excluding carboxylic acids is 1. The summed E-state index contributed by atoms with van der Waals surface area (Å²) in [7, 11) is 1.66. The highest BCUT2D eigenvalue weighted by Gasteiger charge is 2.25. The molecule has 0 fully saturated rings. The Labute approximate surface area is 129 Å². The molecule has 0 radical (unpaired) electrons. The fraction of sp³-hybridized carbons (Fsp3) is 0.294. The second kappa shape index (κ2) is 6.58. The predicted molar refractivity (Wildman–Crippen MR) is 86.4 cm³/mol. The Hall–Kier alpha value is -2.40. The highest BCUT2D eigenvalue weighted by Crippen LogP contribution is 2.28. The van der Waals surface area contributed by atoms with Crippen LogP contribution in [0, 0.1) is 0 Å². The third kappa shape index (κ3) is 2.94. The third-order valence-corrected chi connectivity index (χ3v) is 3.75. The molecule has 1 aliphatic heterocycles. The van der Waals surface area contributed by atoms with Crippen molar-refractivity contribution in [1.29, 1.82) is 0 Å². The van der Waals surface area contributed by atoms with Gasteiger partial charge in [0.05, 0.1) is 6.61 Å². The van der Waals surface area contributed by atoms with Gasteiger partial charge in [-0.1, -0.05) is 18.2 Å². The highest BCUT2D eigenvalue weighted by molar-refractivity contribution is 6.06. The molecule has 0 aliphatic carbocycles. The van der Waals surface area contributed by atoms with Gasteiger partial charge in [-0.15, -0.1) is 0 Å². The molecule has 1 aromatic carbocycles. The van der Waals surface area contributed by atoms with Gasteiger partial charge in [0.15, 0.2) is 0 Å². The number of hydrogen-bond acceptors (Lipinski definition) is 4. The van der Waals surface area contributed by atoms with Crippen molar-refractivity contribution in [2.45, 2.75) is 6.42 Å². The molecule has 22 heavy (non-hydrogen) atoms. The minimum absolute atomic E-state index is 0.0552. The number of aromatic nitrogens is 1. The second-order valence-corrected chi connectivity index (χ2v) is 5.18. The van der Waals surface area contributed by atoms with Crippen LogP contribution in [0.4, 0.5) is 11.4 Å². The van der Waals surface area contributed by atoms with Gasteiger partial charge >= 0.3 is 0 Å². The average Bonchev–Trinajstić information content (AvgIpc) is 2.99. The fourth-order valence-electron chi connectivity index (χ4n) is 2.64. The minimum Gasteiger partial charge on any atom is -0.383 e. The number of benzene rings is 1.